The Morgan fingerprint density at radius 3 is 2.32 bits per heavy atom. The molecule has 2 rings (SSSR count). The number of carbonyl (C=O) groups is 1. The van der Waals surface area contributed by atoms with Crippen molar-refractivity contribution < 1.29 is 17.6 Å². The lowest BCUT2D eigenvalue weighted by Crippen LogP contribution is -2.41. The molecule has 0 unspecified atom stereocenters. The molecule has 2 aromatic rings. The third-order valence-corrected chi connectivity index (χ3v) is 5.40. The predicted molar refractivity (Wildman–Crippen MR) is 95.7 cm³/mol. The summed E-state index contributed by atoms with van der Waals surface area (Å²) in [6.07, 6.45) is 0. The van der Waals surface area contributed by atoms with Crippen molar-refractivity contribution in [3.05, 3.63) is 52.3 Å². The average molecular weight is 406 g/mol. The minimum Gasteiger partial charge on any atom is -0.396 e. The molecule has 2 aromatic carbocycles. The van der Waals surface area contributed by atoms with Crippen molar-refractivity contribution in [2.45, 2.75) is 17.9 Å². The molecule has 0 bridgehead atoms. The molecule has 134 valence electrons. The molecule has 0 heterocycles. The summed E-state index contributed by atoms with van der Waals surface area (Å²) in [5, 5.41) is 2.74. The van der Waals surface area contributed by atoms with Crippen molar-refractivity contribution in [1.82, 2.24) is 4.72 Å². The number of hydrogen-bond donors (Lipinski definition) is 3. The normalized spacial score (nSPS) is 12.6. The van der Waals surface area contributed by atoms with Crippen LogP contribution in [0, 0.1) is 5.82 Å². The fraction of sp³-hybridized carbons (Fsp3) is 0.133. The average Bonchev–Trinajstić information content (AvgIpc) is 2.52. The van der Waals surface area contributed by atoms with E-state index < -0.39 is 32.7 Å². The third kappa shape index (κ3) is 4.60. The number of carbonyl (C=O) groups excluding carboxylic acids is 1. The van der Waals surface area contributed by atoms with Crippen molar-refractivity contribution in [2.24, 2.45) is 0 Å². The molecule has 25 heavy (non-hydrogen) atoms. The Kier molecular flexibility index (Phi) is 5.89. The lowest BCUT2D eigenvalue weighted by atomic mass is 10.2. The van der Waals surface area contributed by atoms with E-state index >= 15 is 0 Å². The largest absolute Gasteiger partial charge is 0.396 e. The van der Waals surface area contributed by atoms with E-state index in [1.165, 1.54) is 31.2 Å². The van der Waals surface area contributed by atoms with E-state index in [0.717, 1.165) is 12.1 Å². The van der Waals surface area contributed by atoms with E-state index in [1.807, 2.05) is 0 Å². The van der Waals surface area contributed by atoms with Crippen LogP contribution in [-0.4, -0.2) is 20.4 Å². The molecule has 1 amide bonds. The van der Waals surface area contributed by atoms with Crippen molar-refractivity contribution >= 4 is 50.5 Å². The second-order valence-corrected chi connectivity index (χ2v) is 7.61. The number of anilines is 2. The molecule has 0 fully saturated rings. The monoisotopic (exact) mass is 405 g/mol. The molecule has 6 nitrogen and oxygen atoms in total. The first-order valence-electron chi connectivity index (χ1n) is 6.94. The maximum Gasteiger partial charge on any atom is 0.244 e. The van der Waals surface area contributed by atoms with E-state index in [9.17, 15) is 17.6 Å². The summed E-state index contributed by atoms with van der Waals surface area (Å²) in [5.74, 6) is -1.60. The molecular formula is C15H14Cl2FN3O3S. The van der Waals surface area contributed by atoms with Crippen LogP contribution in [0.4, 0.5) is 15.8 Å². The minimum atomic E-state index is -4.21. The van der Waals surface area contributed by atoms with Gasteiger partial charge in [-0.25, -0.2) is 12.8 Å². The molecule has 0 aliphatic carbocycles. The van der Waals surface area contributed by atoms with Crippen LogP contribution in [0.1, 0.15) is 6.92 Å². The maximum atomic E-state index is 13.6. The van der Waals surface area contributed by atoms with Gasteiger partial charge < -0.3 is 11.1 Å². The quantitative estimate of drug-likeness (QED) is 0.665. The number of benzene rings is 2. The second kappa shape index (κ2) is 7.57. The molecular weight excluding hydrogens is 392 g/mol. The maximum absolute atomic E-state index is 13.6. The summed E-state index contributed by atoms with van der Waals surface area (Å²) in [6, 6.07) is 6.41. The Bertz CT molecular complexity index is 899. The number of hydrogen-bond acceptors (Lipinski definition) is 4. The first-order chi connectivity index (χ1) is 11.6. The first-order valence-corrected chi connectivity index (χ1v) is 9.18. The van der Waals surface area contributed by atoms with Crippen LogP contribution in [0.3, 0.4) is 0 Å². The zero-order chi connectivity index (χ0) is 18.8. The fourth-order valence-electron chi connectivity index (χ4n) is 1.92. The van der Waals surface area contributed by atoms with Crippen molar-refractivity contribution in [3.63, 3.8) is 0 Å². The fourth-order valence-corrected chi connectivity index (χ4v) is 3.69. The van der Waals surface area contributed by atoms with Gasteiger partial charge in [0.2, 0.25) is 15.9 Å². The van der Waals surface area contributed by atoms with Gasteiger partial charge in [0.15, 0.2) is 0 Å². The molecule has 0 radical (unpaired) electrons. The highest BCUT2D eigenvalue weighted by Crippen LogP contribution is 2.31. The van der Waals surface area contributed by atoms with Gasteiger partial charge in [0.25, 0.3) is 0 Å². The van der Waals surface area contributed by atoms with Crippen LogP contribution in [0.15, 0.2) is 41.3 Å². The molecule has 1 atom stereocenters. The van der Waals surface area contributed by atoms with Gasteiger partial charge in [-0.1, -0.05) is 35.3 Å². The number of nitrogens with two attached hydrogens (primary N) is 1. The van der Waals surface area contributed by atoms with Crippen LogP contribution in [0.5, 0.6) is 0 Å². The van der Waals surface area contributed by atoms with Crippen molar-refractivity contribution in [3.8, 4) is 0 Å². The molecule has 10 heteroatoms. The van der Waals surface area contributed by atoms with Gasteiger partial charge in [-0.15, -0.1) is 0 Å². The SMILES string of the molecule is C[C@H](NS(=O)(=O)c1ccccc1F)C(=O)Nc1cc(Cl)c(N)c(Cl)c1. The molecule has 0 aromatic heterocycles. The molecule has 0 aliphatic heterocycles. The highest BCUT2D eigenvalue weighted by Gasteiger charge is 2.24. The smallest absolute Gasteiger partial charge is 0.244 e. The standard InChI is InChI=1S/C15H14Cl2FN3O3S/c1-8(21-25(23,24)13-5-3-2-4-12(13)18)15(22)20-9-6-10(16)14(19)11(17)7-9/h2-8,21H,19H2,1H3,(H,20,22)/t8-/m0/s1. The summed E-state index contributed by atoms with van der Waals surface area (Å²) in [6.45, 7) is 1.31. The van der Waals surface area contributed by atoms with Crippen LogP contribution >= 0.6 is 23.2 Å². The van der Waals surface area contributed by atoms with Gasteiger partial charge in [-0.2, -0.15) is 4.72 Å². The lowest BCUT2D eigenvalue weighted by molar-refractivity contribution is -0.117. The summed E-state index contributed by atoms with van der Waals surface area (Å²) >= 11 is 11.7. The van der Waals surface area contributed by atoms with Crippen LogP contribution in [-0.2, 0) is 14.8 Å². The summed E-state index contributed by atoms with van der Waals surface area (Å²) in [5.41, 5.74) is 6.00. The minimum absolute atomic E-state index is 0.141. The molecule has 0 spiro atoms. The molecule has 0 aliphatic rings. The van der Waals surface area contributed by atoms with E-state index in [1.54, 1.807) is 0 Å². The number of rotatable bonds is 5. The predicted octanol–water partition coefficient (Wildman–Crippen LogP) is 3.02. The number of nitrogens with one attached hydrogen (secondary N) is 2. The van der Waals surface area contributed by atoms with Crippen LogP contribution in [0.25, 0.3) is 0 Å². The molecule has 0 saturated carbocycles. The summed E-state index contributed by atoms with van der Waals surface area (Å²) < 4.78 is 40.1. The molecule has 0 saturated heterocycles. The number of nitrogen functional groups attached to an aromatic ring is 1. The van der Waals surface area contributed by atoms with Gasteiger partial charge in [0, 0.05) is 5.69 Å². The summed E-state index contributed by atoms with van der Waals surface area (Å²) in [4.78, 5) is 11.6. The third-order valence-electron chi connectivity index (χ3n) is 3.20. The number of halogens is 3. The highest BCUT2D eigenvalue weighted by atomic mass is 35.5. The Morgan fingerprint density at radius 1 is 1.20 bits per heavy atom. The second-order valence-electron chi connectivity index (χ2n) is 5.12. The van der Waals surface area contributed by atoms with Crippen LogP contribution < -0.4 is 15.8 Å². The van der Waals surface area contributed by atoms with E-state index in [2.05, 4.69) is 10.0 Å². The van der Waals surface area contributed by atoms with Crippen LogP contribution in [0.2, 0.25) is 10.0 Å². The van der Waals surface area contributed by atoms with E-state index in [0.29, 0.717) is 0 Å². The highest BCUT2D eigenvalue weighted by molar-refractivity contribution is 7.89. The van der Waals surface area contributed by atoms with Gasteiger partial charge in [-0.05, 0) is 31.2 Å². The number of sulfonamides is 1. The zero-order valence-corrected chi connectivity index (χ0v) is 15.2. The summed E-state index contributed by atoms with van der Waals surface area (Å²) in [7, 11) is -4.21. The van der Waals surface area contributed by atoms with Gasteiger partial charge in [0.1, 0.15) is 10.7 Å². The Labute approximate surface area is 154 Å². The van der Waals surface area contributed by atoms with Crippen molar-refractivity contribution in [1.29, 1.82) is 0 Å². The zero-order valence-electron chi connectivity index (χ0n) is 12.9. The molecule has 4 N–H and O–H groups in total. The Balaban J connectivity index is 2.14. The van der Waals surface area contributed by atoms with Gasteiger partial charge in [0.05, 0.1) is 21.8 Å². The number of amides is 1. The topological polar surface area (TPSA) is 101 Å². The van der Waals surface area contributed by atoms with E-state index in [4.69, 9.17) is 28.9 Å². The van der Waals surface area contributed by atoms with Gasteiger partial charge in [-0.3, -0.25) is 4.79 Å². The Morgan fingerprint density at radius 2 is 1.76 bits per heavy atom. The van der Waals surface area contributed by atoms with Gasteiger partial charge >= 0.3 is 0 Å². The Hall–Kier alpha value is -1.87. The van der Waals surface area contributed by atoms with E-state index in [-0.39, 0.29) is 21.4 Å². The lowest BCUT2D eigenvalue weighted by Gasteiger charge is -2.15. The first kappa shape index (κ1) is 19.5. The van der Waals surface area contributed by atoms with Crippen molar-refractivity contribution in [2.75, 3.05) is 11.1 Å².